The van der Waals surface area contributed by atoms with E-state index in [0.29, 0.717) is 4.84 Å². The zero-order chi connectivity index (χ0) is 13.2. The lowest BCUT2D eigenvalue weighted by atomic mass is 10.0. The average molecular weight is 267 g/mol. The molecule has 0 atom stereocenters. The summed E-state index contributed by atoms with van der Waals surface area (Å²) in [5, 5.41) is 0. The highest BCUT2D eigenvalue weighted by molar-refractivity contribution is 7.71. The first-order valence-electron chi connectivity index (χ1n) is 6.09. The first-order valence-corrected chi connectivity index (χ1v) is 6.50. The van der Waals surface area contributed by atoms with Crippen LogP contribution in [0.3, 0.4) is 0 Å². The fraction of sp³-hybridized carbons (Fsp3) is 0.0625. The van der Waals surface area contributed by atoms with E-state index in [-0.39, 0.29) is 0 Å². The largest absolute Gasteiger partial charge is 0.429 e. The van der Waals surface area contributed by atoms with E-state index in [1.165, 1.54) is 5.56 Å². The highest BCUT2D eigenvalue weighted by atomic mass is 32.1. The second-order valence-electron chi connectivity index (χ2n) is 4.45. The van der Waals surface area contributed by atoms with Gasteiger partial charge in [0, 0.05) is 11.1 Å². The number of rotatable bonds is 2. The van der Waals surface area contributed by atoms with Crippen LogP contribution in [0, 0.1) is 11.8 Å². The molecular weight excluding hydrogens is 254 g/mol. The normalized spacial score (nSPS) is 10.6. The van der Waals surface area contributed by atoms with Crippen LogP contribution in [0.5, 0.6) is 0 Å². The van der Waals surface area contributed by atoms with Gasteiger partial charge in [0.05, 0.1) is 5.69 Å². The molecule has 0 spiro atoms. The van der Waals surface area contributed by atoms with Gasteiger partial charge in [-0.1, -0.05) is 54.1 Å². The molecule has 0 saturated heterocycles. The molecule has 0 saturated carbocycles. The lowest BCUT2D eigenvalue weighted by Gasteiger charge is -2.03. The van der Waals surface area contributed by atoms with Gasteiger partial charge in [-0.05, 0) is 25.2 Å². The Bertz CT molecular complexity index is 756. The van der Waals surface area contributed by atoms with Crippen molar-refractivity contribution in [2.45, 2.75) is 6.92 Å². The van der Waals surface area contributed by atoms with Crippen LogP contribution >= 0.6 is 12.2 Å². The Morgan fingerprint density at radius 3 is 2.42 bits per heavy atom. The van der Waals surface area contributed by atoms with Gasteiger partial charge >= 0.3 is 0 Å². The Morgan fingerprint density at radius 1 is 0.947 bits per heavy atom. The van der Waals surface area contributed by atoms with Crippen LogP contribution in [-0.2, 0) is 0 Å². The van der Waals surface area contributed by atoms with Crippen LogP contribution in [0.1, 0.15) is 5.56 Å². The van der Waals surface area contributed by atoms with Crippen molar-refractivity contribution in [1.29, 1.82) is 0 Å². The number of hydrogen-bond acceptors (Lipinski definition) is 2. The zero-order valence-corrected chi connectivity index (χ0v) is 11.3. The molecule has 2 aromatic carbocycles. The Hall–Kier alpha value is -2.13. The average Bonchev–Trinajstić information content (AvgIpc) is 2.82. The maximum absolute atomic E-state index is 5.67. The topological polar surface area (TPSA) is 28.9 Å². The number of aromatic amines is 1. The third-order valence-electron chi connectivity index (χ3n) is 2.99. The van der Waals surface area contributed by atoms with Crippen molar-refractivity contribution in [3.05, 3.63) is 65.0 Å². The van der Waals surface area contributed by atoms with Gasteiger partial charge in [-0.3, -0.25) is 0 Å². The number of hydrogen-bond donors (Lipinski definition) is 1. The van der Waals surface area contributed by atoms with Crippen molar-refractivity contribution in [2.75, 3.05) is 0 Å². The van der Waals surface area contributed by atoms with Crippen molar-refractivity contribution < 1.29 is 4.42 Å². The van der Waals surface area contributed by atoms with E-state index < -0.39 is 0 Å². The van der Waals surface area contributed by atoms with Crippen molar-refractivity contribution >= 4 is 12.2 Å². The third-order valence-corrected chi connectivity index (χ3v) is 3.18. The van der Waals surface area contributed by atoms with Crippen LogP contribution in [0.15, 0.2) is 59.0 Å². The summed E-state index contributed by atoms with van der Waals surface area (Å²) in [6.45, 7) is 2.06. The maximum Gasteiger partial charge on any atom is 0.266 e. The minimum atomic E-state index is 0.398. The Morgan fingerprint density at radius 2 is 1.68 bits per heavy atom. The van der Waals surface area contributed by atoms with Gasteiger partial charge in [0.1, 0.15) is 0 Å². The summed E-state index contributed by atoms with van der Waals surface area (Å²) in [7, 11) is 0. The van der Waals surface area contributed by atoms with E-state index in [1.54, 1.807) is 0 Å². The molecule has 0 fully saturated rings. The minimum Gasteiger partial charge on any atom is -0.429 e. The lowest BCUT2D eigenvalue weighted by molar-refractivity contribution is 0.554. The standard InChI is InChI=1S/C16H13NOS/c1-11-6-5-9-13(10-11)15-14(17-16(19)18-15)12-7-3-2-4-8-12/h2-10H,1H3,(H,17,19). The maximum atomic E-state index is 5.67. The van der Waals surface area contributed by atoms with Gasteiger partial charge in [0.15, 0.2) is 5.76 Å². The van der Waals surface area contributed by atoms with Crippen LogP contribution in [0.4, 0.5) is 0 Å². The minimum absolute atomic E-state index is 0.398. The number of nitrogens with one attached hydrogen (secondary N) is 1. The number of aryl methyl sites for hydroxylation is 1. The quantitative estimate of drug-likeness (QED) is 0.663. The molecule has 0 radical (unpaired) electrons. The van der Waals surface area contributed by atoms with Crippen LogP contribution in [0.2, 0.25) is 0 Å². The fourth-order valence-corrected chi connectivity index (χ4v) is 2.31. The van der Waals surface area contributed by atoms with E-state index in [4.69, 9.17) is 16.6 Å². The fourth-order valence-electron chi connectivity index (χ4n) is 2.13. The third kappa shape index (κ3) is 2.37. The number of aromatic nitrogens is 1. The number of benzene rings is 2. The van der Waals surface area contributed by atoms with Crippen LogP contribution in [0.25, 0.3) is 22.6 Å². The smallest absolute Gasteiger partial charge is 0.266 e. The van der Waals surface area contributed by atoms with E-state index in [9.17, 15) is 0 Å². The zero-order valence-electron chi connectivity index (χ0n) is 10.5. The monoisotopic (exact) mass is 267 g/mol. The van der Waals surface area contributed by atoms with Crippen molar-refractivity contribution in [2.24, 2.45) is 0 Å². The molecule has 94 valence electrons. The highest BCUT2D eigenvalue weighted by Gasteiger charge is 2.12. The molecule has 1 N–H and O–H groups in total. The predicted molar refractivity (Wildman–Crippen MR) is 79.5 cm³/mol. The first kappa shape index (κ1) is 11.9. The van der Waals surface area contributed by atoms with Crippen molar-refractivity contribution in [1.82, 2.24) is 4.98 Å². The summed E-state index contributed by atoms with van der Waals surface area (Å²) in [6, 6.07) is 18.3. The second kappa shape index (κ2) is 4.86. The number of oxazole rings is 1. The van der Waals surface area contributed by atoms with E-state index in [1.807, 2.05) is 42.5 Å². The molecule has 1 heterocycles. The molecular formula is C16H13NOS. The molecule has 0 amide bonds. The SMILES string of the molecule is Cc1cccc(-c2oc(=S)[nH]c2-c2ccccc2)c1. The van der Waals surface area contributed by atoms with Gasteiger partial charge in [-0.25, -0.2) is 0 Å². The predicted octanol–water partition coefficient (Wildman–Crippen LogP) is 4.98. The Kier molecular flexibility index (Phi) is 3.05. The summed E-state index contributed by atoms with van der Waals surface area (Å²) in [5.41, 5.74) is 4.22. The molecule has 0 bridgehead atoms. The van der Waals surface area contributed by atoms with Gasteiger partial charge < -0.3 is 9.40 Å². The first-order chi connectivity index (χ1) is 9.24. The Labute approximate surface area is 116 Å². The van der Waals surface area contributed by atoms with Gasteiger partial charge in [-0.15, -0.1) is 0 Å². The molecule has 0 aliphatic rings. The van der Waals surface area contributed by atoms with Crippen molar-refractivity contribution in [3.8, 4) is 22.6 Å². The number of H-pyrrole nitrogens is 1. The van der Waals surface area contributed by atoms with E-state index in [0.717, 1.165) is 22.6 Å². The summed E-state index contributed by atoms with van der Waals surface area (Å²) < 4.78 is 5.67. The Balaban J connectivity index is 2.21. The molecule has 2 nitrogen and oxygen atoms in total. The van der Waals surface area contributed by atoms with Gasteiger partial charge in [0.2, 0.25) is 0 Å². The summed E-state index contributed by atoms with van der Waals surface area (Å²) in [5.74, 6) is 0.792. The van der Waals surface area contributed by atoms with Gasteiger partial charge in [0.25, 0.3) is 4.84 Å². The highest BCUT2D eigenvalue weighted by Crippen LogP contribution is 2.31. The van der Waals surface area contributed by atoms with Gasteiger partial charge in [-0.2, -0.15) is 0 Å². The molecule has 3 rings (SSSR count). The van der Waals surface area contributed by atoms with Crippen LogP contribution in [-0.4, -0.2) is 4.98 Å². The molecule has 0 unspecified atom stereocenters. The molecule has 3 aromatic rings. The van der Waals surface area contributed by atoms with Crippen LogP contribution < -0.4 is 0 Å². The molecule has 3 heteroatoms. The molecule has 0 aliphatic heterocycles. The van der Waals surface area contributed by atoms with E-state index in [2.05, 4.69) is 24.0 Å². The summed E-state index contributed by atoms with van der Waals surface area (Å²) in [6.07, 6.45) is 0. The van der Waals surface area contributed by atoms with E-state index >= 15 is 0 Å². The molecule has 1 aromatic heterocycles. The molecule has 19 heavy (non-hydrogen) atoms. The van der Waals surface area contributed by atoms with Crippen molar-refractivity contribution in [3.63, 3.8) is 0 Å². The molecule has 0 aliphatic carbocycles. The lowest BCUT2D eigenvalue weighted by Crippen LogP contribution is -1.82. The summed E-state index contributed by atoms with van der Waals surface area (Å²) in [4.78, 5) is 3.53. The summed E-state index contributed by atoms with van der Waals surface area (Å²) >= 11 is 5.13. The second-order valence-corrected chi connectivity index (χ2v) is 4.82.